The number of morpholine rings is 1. The van der Waals surface area contributed by atoms with E-state index in [1.54, 1.807) is 10.6 Å². The highest BCUT2D eigenvalue weighted by atomic mass is 35.5. The Morgan fingerprint density at radius 2 is 2.07 bits per heavy atom. The van der Waals surface area contributed by atoms with Crippen molar-refractivity contribution in [3.63, 3.8) is 0 Å². The maximum atomic E-state index is 12.0. The molecule has 9 heteroatoms. The first-order valence-electron chi connectivity index (χ1n) is 9.03. The minimum atomic E-state index is -0.933. The van der Waals surface area contributed by atoms with Crippen molar-refractivity contribution in [3.05, 3.63) is 57.7 Å². The Bertz CT molecular complexity index is 1120. The number of likely N-dealkylation sites (tertiary alicyclic amines) is 1. The Balaban J connectivity index is 1.55. The molecule has 2 N–H and O–H groups in total. The van der Waals surface area contributed by atoms with Crippen LogP contribution in [0.4, 0.5) is 4.79 Å². The Hall–Kier alpha value is -2.84. The van der Waals surface area contributed by atoms with E-state index in [1.165, 1.54) is 11.2 Å². The van der Waals surface area contributed by atoms with Crippen LogP contribution in [-0.2, 0) is 4.74 Å². The van der Waals surface area contributed by atoms with E-state index in [2.05, 4.69) is 9.97 Å². The van der Waals surface area contributed by atoms with E-state index in [-0.39, 0.29) is 23.8 Å². The van der Waals surface area contributed by atoms with Crippen molar-refractivity contribution < 1.29 is 14.6 Å². The number of aromatic nitrogens is 3. The molecule has 144 valence electrons. The molecule has 1 amide bonds. The van der Waals surface area contributed by atoms with Crippen LogP contribution in [0.2, 0.25) is 5.15 Å². The van der Waals surface area contributed by atoms with Gasteiger partial charge in [0.25, 0.3) is 5.56 Å². The zero-order valence-electron chi connectivity index (χ0n) is 14.7. The summed E-state index contributed by atoms with van der Waals surface area (Å²) in [5.41, 5.74) is 1.82. The average Bonchev–Trinajstić information content (AvgIpc) is 3.22. The minimum absolute atomic E-state index is 0.00849. The number of hydrogen-bond acceptors (Lipinski definition) is 4. The smallest absolute Gasteiger partial charge is 0.407 e. The van der Waals surface area contributed by atoms with E-state index in [4.69, 9.17) is 16.3 Å². The van der Waals surface area contributed by atoms with Gasteiger partial charge in [0.05, 0.1) is 36.5 Å². The summed E-state index contributed by atoms with van der Waals surface area (Å²) >= 11 is 6.34. The first kappa shape index (κ1) is 17.3. The highest BCUT2D eigenvalue weighted by molar-refractivity contribution is 6.31. The van der Waals surface area contributed by atoms with Crippen LogP contribution in [-0.4, -0.2) is 49.4 Å². The van der Waals surface area contributed by atoms with Crippen LogP contribution >= 0.6 is 11.6 Å². The van der Waals surface area contributed by atoms with Gasteiger partial charge in [0.1, 0.15) is 5.15 Å². The third-order valence-electron chi connectivity index (χ3n) is 5.52. The van der Waals surface area contributed by atoms with Gasteiger partial charge in [0, 0.05) is 5.69 Å². The van der Waals surface area contributed by atoms with Crippen molar-refractivity contribution in [1.82, 2.24) is 19.4 Å². The summed E-state index contributed by atoms with van der Waals surface area (Å²) in [4.78, 5) is 32.0. The topological polar surface area (TPSA) is 100 Å². The van der Waals surface area contributed by atoms with E-state index in [9.17, 15) is 14.7 Å². The molecule has 0 saturated carbocycles. The van der Waals surface area contributed by atoms with Crippen LogP contribution in [0.5, 0.6) is 0 Å². The van der Waals surface area contributed by atoms with Gasteiger partial charge >= 0.3 is 6.09 Å². The fraction of sp³-hybridized carbons (Fsp3) is 0.316. The number of amides is 1. The third kappa shape index (κ3) is 2.60. The summed E-state index contributed by atoms with van der Waals surface area (Å²) in [6, 6.07) is 8.72. The lowest BCUT2D eigenvalue weighted by molar-refractivity contribution is -0.0685. The molecule has 28 heavy (non-hydrogen) atoms. The largest absolute Gasteiger partial charge is 0.465 e. The van der Waals surface area contributed by atoms with Crippen molar-refractivity contribution in [2.45, 2.75) is 31.1 Å². The van der Waals surface area contributed by atoms with E-state index < -0.39 is 6.09 Å². The molecule has 0 radical (unpaired) electrons. The van der Waals surface area contributed by atoms with Gasteiger partial charge in [0.15, 0.2) is 5.65 Å². The molecule has 0 unspecified atom stereocenters. The van der Waals surface area contributed by atoms with Gasteiger partial charge < -0.3 is 14.8 Å². The number of nitrogens with one attached hydrogen (secondary N) is 1. The van der Waals surface area contributed by atoms with Gasteiger partial charge in [-0.25, -0.2) is 9.78 Å². The van der Waals surface area contributed by atoms with E-state index in [1.807, 2.05) is 24.3 Å². The zero-order valence-corrected chi connectivity index (χ0v) is 15.5. The van der Waals surface area contributed by atoms with Crippen molar-refractivity contribution in [2.75, 3.05) is 6.54 Å². The van der Waals surface area contributed by atoms with E-state index >= 15 is 0 Å². The van der Waals surface area contributed by atoms with Crippen LogP contribution in [0, 0.1) is 0 Å². The normalized spacial score (nSPS) is 24.0. The summed E-state index contributed by atoms with van der Waals surface area (Å²) in [5.74, 6) is 0. The number of ether oxygens (including phenoxy) is 1. The monoisotopic (exact) mass is 400 g/mol. The zero-order chi connectivity index (χ0) is 19.4. The minimum Gasteiger partial charge on any atom is -0.465 e. The second kappa shape index (κ2) is 6.35. The fourth-order valence-corrected chi connectivity index (χ4v) is 4.57. The Labute approximate surface area is 164 Å². The van der Waals surface area contributed by atoms with Crippen LogP contribution < -0.4 is 5.56 Å². The molecule has 0 aliphatic carbocycles. The quantitative estimate of drug-likeness (QED) is 0.688. The molecule has 5 rings (SSSR count). The molecule has 4 heterocycles. The predicted octanol–water partition coefficient (Wildman–Crippen LogP) is 2.95. The number of hydrogen-bond donors (Lipinski definition) is 2. The second-order valence-electron chi connectivity index (χ2n) is 7.12. The Kier molecular flexibility index (Phi) is 3.92. The van der Waals surface area contributed by atoms with Crippen LogP contribution in [0.3, 0.4) is 0 Å². The highest BCUT2D eigenvalue weighted by Crippen LogP contribution is 2.40. The number of aromatic amines is 1. The van der Waals surface area contributed by atoms with Crippen LogP contribution in [0.1, 0.15) is 24.4 Å². The summed E-state index contributed by atoms with van der Waals surface area (Å²) in [5, 5.41) is 10.4. The van der Waals surface area contributed by atoms with Crippen LogP contribution in [0.25, 0.3) is 16.7 Å². The Morgan fingerprint density at radius 3 is 2.82 bits per heavy atom. The van der Waals surface area contributed by atoms with Gasteiger partial charge in [-0.3, -0.25) is 14.3 Å². The van der Waals surface area contributed by atoms with Gasteiger partial charge in [-0.1, -0.05) is 23.7 Å². The molecular weight excluding hydrogens is 384 g/mol. The molecule has 2 saturated heterocycles. The molecule has 3 aromatic rings. The molecule has 2 bridgehead atoms. The first-order chi connectivity index (χ1) is 13.5. The first-order valence-corrected chi connectivity index (χ1v) is 9.41. The van der Waals surface area contributed by atoms with E-state index in [0.717, 1.165) is 24.1 Å². The Morgan fingerprint density at radius 1 is 1.29 bits per heavy atom. The number of H-pyrrole nitrogens is 1. The van der Waals surface area contributed by atoms with Crippen molar-refractivity contribution in [2.24, 2.45) is 0 Å². The van der Waals surface area contributed by atoms with E-state index in [0.29, 0.717) is 22.7 Å². The summed E-state index contributed by atoms with van der Waals surface area (Å²) < 4.78 is 7.65. The third-order valence-corrected chi connectivity index (χ3v) is 5.80. The lowest BCUT2D eigenvalue weighted by Crippen LogP contribution is -2.47. The molecule has 8 nitrogen and oxygen atoms in total. The van der Waals surface area contributed by atoms with Crippen molar-refractivity contribution in [3.8, 4) is 5.69 Å². The van der Waals surface area contributed by atoms with Crippen molar-refractivity contribution >= 4 is 28.7 Å². The van der Waals surface area contributed by atoms with Gasteiger partial charge in [-0.2, -0.15) is 0 Å². The molecule has 3 atom stereocenters. The fourth-order valence-electron chi connectivity index (χ4n) is 4.29. The molecule has 2 aliphatic rings. The SMILES string of the molecule is O=C(O)N1C[C@@H]2CC[C@@H](O2)[C@@H]1c1ccc(-n2c(Cl)cc3c(=O)[nH]cnc32)cc1. The summed E-state index contributed by atoms with van der Waals surface area (Å²) in [6.07, 6.45) is 2.00. The molecule has 2 aliphatic heterocycles. The molecule has 2 fully saturated rings. The molecule has 1 aromatic carbocycles. The lowest BCUT2D eigenvalue weighted by atomic mass is 9.98. The number of nitrogens with zero attached hydrogens (tertiary/aromatic N) is 3. The average molecular weight is 401 g/mol. The number of rotatable bonds is 2. The summed E-state index contributed by atoms with van der Waals surface area (Å²) in [6.45, 7) is 0.388. The van der Waals surface area contributed by atoms with Crippen LogP contribution in [0.15, 0.2) is 41.5 Å². The number of fused-ring (bicyclic) bond motifs is 3. The standard InChI is InChI=1S/C19H17ClN4O4/c20-15-7-13-17(21-9-22-18(13)25)24(15)11-3-1-10(2-4-11)16-14-6-5-12(28-14)8-23(16)19(26)27/h1-4,7,9,12,14,16H,5-6,8H2,(H,26,27)(H,21,22,25)/t12-,14+,16-/m0/s1. The molecule has 2 aromatic heterocycles. The van der Waals surface area contributed by atoms with Gasteiger partial charge in [0.2, 0.25) is 0 Å². The predicted molar refractivity (Wildman–Crippen MR) is 102 cm³/mol. The molecular formula is C19H17ClN4O4. The maximum Gasteiger partial charge on any atom is 0.407 e. The number of halogens is 1. The second-order valence-corrected chi connectivity index (χ2v) is 7.50. The lowest BCUT2D eigenvalue weighted by Gasteiger charge is -2.38. The van der Waals surface area contributed by atoms with Gasteiger partial charge in [-0.15, -0.1) is 0 Å². The number of benzene rings is 1. The van der Waals surface area contributed by atoms with Gasteiger partial charge in [-0.05, 0) is 36.6 Å². The molecule has 0 spiro atoms. The number of carboxylic acid groups (broad SMARTS) is 1. The summed E-state index contributed by atoms with van der Waals surface area (Å²) in [7, 11) is 0. The van der Waals surface area contributed by atoms with Crippen molar-refractivity contribution in [1.29, 1.82) is 0 Å². The number of carbonyl (C=O) groups is 1. The highest BCUT2D eigenvalue weighted by Gasteiger charge is 2.44. The maximum absolute atomic E-state index is 12.0.